The van der Waals surface area contributed by atoms with Crippen LogP contribution in [0.1, 0.15) is 5.56 Å². The van der Waals surface area contributed by atoms with Crippen molar-refractivity contribution in [3.8, 4) is 11.1 Å². The first-order valence-electron chi connectivity index (χ1n) is 8.43. The highest BCUT2D eigenvalue weighted by molar-refractivity contribution is 5.71. The summed E-state index contributed by atoms with van der Waals surface area (Å²) in [4.78, 5) is 15.9. The molecular weight excluding hydrogens is 343 g/mol. The lowest BCUT2D eigenvalue weighted by Crippen LogP contribution is -2.04. The number of halogens is 1. The molecule has 4 aromatic rings. The van der Waals surface area contributed by atoms with Gasteiger partial charge in [-0.1, -0.05) is 12.1 Å². The molecule has 0 radical (unpaired) electrons. The summed E-state index contributed by atoms with van der Waals surface area (Å²) < 4.78 is 13.1. The summed E-state index contributed by atoms with van der Waals surface area (Å²) >= 11 is 0. The van der Waals surface area contributed by atoms with Crippen molar-refractivity contribution in [2.24, 2.45) is 0 Å². The van der Waals surface area contributed by atoms with Gasteiger partial charge >= 0.3 is 0 Å². The number of H-pyrrole nitrogens is 1. The van der Waals surface area contributed by atoms with Gasteiger partial charge in [0.05, 0.1) is 6.20 Å². The van der Waals surface area contributed by atoms with Gasteiger partial charge in [0, 0.05) is 31.3 Å². The molecule has 3 N–H and O–H groups in total. The second-order valence-electron chi connectivity index (χ2n) is 5.92. The van der Waals surface area contributed by atoms with Gasteiger partial charge in [0.2, 0.25) is 0 Å². The summed E-state index contributed by atoms with van der Waals surface area (Å²) in [7, 11) is 0. The van der Waals surface area contributed by atoms with E-state index in [0.717, 1.165) is 16.7 Å². The molecule has 0 bridgehead atoms. The van der Waals surface area contributed by atoms with E-state index in [1.165, 1.54) is 12.1 Å². The molecule has 0 saturated carbocycles. The van der Waals surface area contributed by atoms with Gasteiger partial charge in [0.1, 0.15) is 23.3 Å². The van der Waals surface area contributed by atoms with Crippen molar-refractivity contribution in [1.82, 2.24) is 19.9 Å². The van der Waals surface area contributed by atoms with Gasteiger partial charge < -0.3 is 15.6 Å². The largest absolute Gasteiger partial charge is 0.367 e. The summed E-state index contributed by atoms with van der Waals surface area (Å²) in [5.41, 5.74) is 3.01. The minimum atomic E-state index is -0.248. The SMILES string of the molecule is Fc1ccc(CNc2cc(-c3cc[nH]c3)cc(Nc3cnccn3)n2)cc1. The lowest BCUT2D eigenvalue weighted by molar-refractivity contribution is 0.627. The molecule has 0 aliphatic carbocycles. The van der Waals surface area contributed by atoms with Gasteiger partial charge in [0.25, 0.3) is 0 Å². The van der Waals surface area contributed by atoms with Crippen LogP contribution in [-0.4, -0.2) is 19.9 Å². The summed E-state index contributed by atoms with van der Waals surface area (Å²) in [6.45, 7) is 0.536. The third-order valence-electron chi connectivity index (χ3n) is 3.96. The van der Waals surface area contributed by atoms with Gasteiger partial charge in [0.15, 0.2) is 0 Å². The Bertz CT molecular complexity index is 1000. The van der Waals surface area contributed by atoms with E-state index >= 15 is 0 Å². The normalized spacial score (nSPS) is 10.6. The first kappa shape index (κ1) is 16.7. The van der Waals surface area contributed by atoms with E-state index in [9.17, 15) is 4.39 Å². The first-order valence-corrected chi connectivity index (χ1v) is 8.43. The van der Waals surface area contributed by atoms with Crippen LogP contribution in [0, 0.1) is 5.82 Å². The quantitative estimate of drug-likeness (QED) is 0.476. The van der Waals surface area contributed by atoms with Crippen LogP contribution < -0.4 is 10.6 Å². The number of aromatic amines is 1. The van der Waals surface area contributed by atoms with Crippen molar-refractivity contribution in [3.05, 3.63) is 84.8 Å². The molecule has 3 aromatic heterocycles. The smallest absolute Gasteiger partial charge is 0.150 e. The summed E-state index contributed by atoms with van der Waals surface area (Å²) in [5, 5.41) is 6.46. The monoisotopic (exact) mass is 360 g/mol. The maximum atomic E-state index is 13.1. The molecular formula is C20H17FN6. The lowest BCUT2D eigenvalue weighted by atomic mass is 10.1. The molecule has 4 rings (SSSR count). The third-order valence-corrected chi connectivity index (χ3v) is 3.96. The van der Waals surface area contributed by atoms with Crippen molar-refractivity contribution in [1.29, 1.82) is 0 Å². The number of aromatic nitrogens is 4. The molecule has 0 spiro atoms. The number of nitrogens with zero attached hydrogens (tertiary/aromatic N) is 3. The predicted molar refractivity (Wildman–Crippen MR) is 103 cm³/mol. The molecule has 0 fully saturated rings. The van der Waals surface area contributed by atoms with E-state index in [4.69, 9.17) is 0 Å². The van der Waals surface area contributed by atoms with E-state index < -0.39 is 0 Å². The minimum Gasteiger partial charge on any atom is -0.367 e. The van der Waals surface area contributed by atoms with Crippen LogP contribution in [0.25, 0.3) is 11.1 Å². The number of rotatable bonds is 6. The predicted octanol–water partition coefficient (Wildman–Crippen LogP) is 4.36. The fraction of sp³-hybridized carbons (Fsp3) is 0.0500. The van der Waals surface area contributed by atoms with E-state index in [2.05, 4.69) is 30.6 Å². The van der Waals surface area contributed by atoms with Gasteiger partial charge in [-0.05, 0) is 47.0 Å². The summed E-state index contributed by atoms with van der Waals surface area (Å²) in [6.07, 6.45) is 8.66. The standard InChI is InChI=1S/C20H17FN6/c21-17-3-1-14(2-4-17)11-25-18-9-16(15-5-6-22-12-15)10-19(26-18)27-20-13-23-7-8-24-20/h1-10,12-13,22H,11H2,(H2,24,25,26,27). The molecule has 3 heterocycles. The van der Waals surface area contributed by atoms with E-state index in [1.807, 2.05) is 30.6 Å². The van der Waals surface area contributed by atoms with Crippen LogP contribution in [0.5, 0.6) is 0 Å². The highest BCUT2D eigenvalue weighted by atomic mass is 19.1. The number of nitrogens with one attached hydrogen (secondary N) is 3. The van der Waals surface area contributed by atoms with Crippen LogP contribution in [-0.2, 0) is 6.54 Å². The second kappa shape index (κ2) is 7.65. The van der Waals surface area contributed by atoms with Crippen LogP contribution in [0.15, 0.2) is 73.4 Å². The Morgan fingerprint density at radius 3 is 2.52 bits per heavy atom. The number of anilines is 3. The molecule has 134 valence electrons. The summed E-state index contributed by atoms with van der Waals surface area (Å²) in [6, 6.07) is 12.3. The first-order chi connectivity index (χ1) is 13.3. The Balaban J connectivity index is 1.60. The topological polar surface area (TPSA) is 78.5 Å². The lowest BCUT2D eigenvalue weighted by Gasteiger charge is -2.11. The Hall–Kier alpha value is -3.74. The van der Waals surface area contributed by atoms with Gasteiger partial charge in [-0.25, -0.2) is 14.4 Å². The van der Waals surface area contributed by atoms with E-state index in [-0.39, 0.29) is 5.82 Å². The maximum Gasteiger partial charge on any atom is 0.150 e. The van der Waals surface area contributed by atoms with E-state index in [0.29, 0.717) is 24.0 Å². The Morgan fingerprint density at radius 2 is 1.78 bits per heavy atom. The zero-order chi connectivity index (χ0) is 18.5. The highest BCUT2D eigenvalue weighted by Crippen LogP contribution is 2.26. The second-order valence-corrected chi connectivity index (χ2v) is 5.92. The van der Waals surface area contributed by atoms with Gasteiger partial charge in [-0.15, -0.1) is 0 Å². The fourth-order valence-corrected chi connectivity index (χ4v) is 2.65. The molecule has 0 unspecified atom stereocenters. The van der Waals surface area contributed by atoms with Gasteiger partial charge in [-0.3, -0.25) is 4.98 Å². The molecule has 0 aliphatic rings. The van der Waals surface area contributed by atoms with Crippen LogP contribution in [0.3, 0.4) is 0 Å². The molecule has 0 amide bonds. The van der Waals surface area contributed by atoms with Crippen LogP contribution in [0.4, 0.5) is 21.8 Å². The Labute approximate surface area is 155 Å². The zero-order valence-corrected chi connectivity index (χ0v) is 14.4. The van der Waals surface area contributed by atoms with Crippen molar-refractivity contribution >= 4 is 17.5 Å². The van der Waals surface area contributed by atoms with Crippen molar-refractivity contribution in [2.75, 3.05) is 10.6 Å². The fourth-order valence-electron chi connectivity index (χ4n) is 2.65. The highest BCUT2D eigenvalue weighted by Gasteiger charge is 2.07. The molecule has 6 nitrogen and oxygen atoms in total. The maximum absolute atomic E-state index is 13.1. The Morgan fingerprint density at radius 1 is 0.926 bits per heavy atom. The molecule has 1 aromatic carbocycles. The number of hydrogen-bond acceptors (Lipinski definition) is 5. The van der Waals surface area contributed by atoms with Crippen LogP contribution in [0.2, 0.25) is 0 Å². The van der Waals surface area contributed by atoms with Crippen molar-refractivity contribution in [3.63, 3.8) is 0 Å². The van der Waals surface area contributed by atoms with E-state index in [1.54, 1.807) is 30.7 Å². The molecule has 0 atom stereocenters. The molecule has 0 aliphatic heterocycles. The average Bonchev–Trinajstić information content (AvgIpc) is 3.23. The van der Waals surface area contributed by atoms with Gasteiger partial charge in [-0.2, -0.15) is 0 Å². The number of hydrogen-bond donors (Lipinski definition) is 3. The Kier molecular flexibility index (Phi) is 4.74. The zero-order valence-electron chi connectivity index (χ0n) is 14.4. The minimum absolute atomic E-state index is 0.248. The van der Waals surface area contributed by atoms with Crippen molar-refractivity contribution < 1.29 is 4.39 Å². The van der Waals surface area contributed by atoms with Crippen LogP contribution >= 0.6 is 0 Å². The summed E-state index contributed by atoms with van der Waals surface area (Å²) in [5.74, 6) is 1.71. The van der Waals surface area contributed by atoms with Crippen molar-refractivity contribution in [2.45, 2.75) is 6.54 Å². The molecule has 27 heavy (non-hydrogen) atoms. The number of pyridine rings is 1. The third kappa shape index (κ3) is 4.27. The average molecular weight is 360 g/mol. The number of benzene rings is 1. The molecule has 7 heteroatoms. The molecule has 0 saturated heterocycles.